The monoisotopic (exact) mass is 284 g/mol. The highest BCUT2D eigenvalue weighted by atomic mass is 31.2. The first kappa shape index (κ1) is 14.6. The summed E-state index contributed by atoms with van der Waals surface area (Å²) in [4.78, 5) is 37.7. The van der Waals surface area contributed by atoms with Gasteiger partial charge in [-0.25, -0.2) is 0 Å². The first-order valence-corrected chi connectivity index (χ1v) is 7.97. The van der Waals surface area contributed by atoms with Crippen LogP contribution in [-0.4, -0.2) is 24.8 Å². The quantitative estimate of drug-likeness (QED) is 0.464. The Bertz CT molecular complexity index is 478. The van der Waals surface area contributed by atoms with Gasteiger partial charge in [-0.15, -0.1) is 4.68 Å². The van der Waals surface area contributed by atoms with E-state index in [4.69, 9.17) is 14.7 Å². The summed E-state index contributed by atoms with van der Waals surface area (Å²) < 4.78 is 24.8. The summed E-state index contributed by atoms with van der Waals surface area (Å²) in [5, 5.41) is -2.13. The largest absolute Gasteiger partial charge is 0.778 e. The van der Waals surface area contributed by atoms with E-state index in [1.54, 1.807) is 20.0 Å². The molecule has 17 heavy (non-hydrogen) atoms. The second-order valence-corrected chi connectivity index (χ2v) is 7.70. The molecule has 0 amide bonds. The molecule has 0 saturated carbocycles. The van der Waals surface area contributed by atoms with Gasteiger partial charge >= 0.3 is 7.60 Å². The number of aromatic nitrogens is 2. The van der Waals surface area contributed by atoms with Crippen LogP contribution in [0.1, 0.15) is 5.69 Å². The Labute approximate surface area is 97.8 Å². The van der Waals surface area contributed by atoms with Crippen LogP contribution in [0.2, 0.25) is 0 Å². The summed E-state index contributed by atoms with van der Waals surface area (Å²) in [6.07, 6.45) is 1.48. The fourth-order valence-electron chi connectivity index (χ4n) is 1.35. The molecule has 0 radical (unpaired) electrons. The molecule has 0 saturated heterocycles. The fourth-order valence-corrected chi connectivity index (χ4v) is 3.63. The molecule has 10 heteroatoms. The Hall–Kier alpha value is -0.490. The molecule has 0 aromatic carbocycles. The molecule has 2 unspecified atom stereocenters. The molecule has 3 N–H and O–H groups in total. The maximum absolute atomic E-state index is 11.0. The van der Waals surface area contributed by atoms with Crippen molar-refractivity contribution in [3.05, 3.63) is 18.0 Å². The predicted octanol–water partition coefficient (Wildman–Crippen LogP) is -1.33. The number of hydrogen-bond acceptors (Lipinski definition) is 3. The second-order valence-electron chi connectivity index (χ2n) is 3.74. The zero-order valence-electron chi connectivity index (χ0n) is 9.29. The van der Waals surface area contributed by atoms with Crippen LogP contribution in [0.25, 0.3) is 0 Å². The van der Waals surface area contributed by atoms with Crippen molar-refractivity contribution in [1.82, 2.24) is 4.68 Å². The molecule has 0 aliphatic rings. The Balaban J connectivity index is 3.09. The molecule has 1 heterocycles. The van der Waals surface area contributed by atoms with Gasteiger partial charge < -0.3 is 24.1 Å². The average Bonchev–Trinajstić information content (AvgIpc) is 2.40. The van der Waals surface area contributed by atoms with E-state index in [1.165, 1.54) is 15.6 Å². The molecule has 1 aromatic rings. The van der Waals surface area contributed by atoms with E-state index in [2.05, 4.69) is 0 Å². The van der Waals surface area contributed by atoms with Crippen LogP contribution in [0.15, 0.2) is 12.3 Å². The maximum atomic E-state index is 11.0. The smallest absolute Gasteiger partial charge is 0.343 e. The topological polar surface area (TPSA) is 127 Å². The van der Waals surface area contributed by atoms with Crippen molar-refractivity contribution >= 4 is 15.2 Å². The van der Waals surface area contributed by atoms with Crippen LogP contribution in [0.5, 0.6) is 0 Å². The van der Waals surface area contributed by atoms with Crippen LogP contribution in [0.4, 0.5) is 0 Å². The average molecular weight is 284 g/mol. The lowest BCUT2D eigenvalue weighted by Gasteiger charge is -2.24. The number of nitrogens with zero attached hydrogens (tertiary/aromatic N) is 2. The third-order valence-corrected chi connectivity index (χ3v) is 6.13. The second kappa shape index (κ2) is 4.65. The highest BCUT2D eigenvalue weighted by Gasteiger charge is 2.41. The van der Waals surface area contributed by atoms with Crippen molar-refractivity contribution in [3.63, 3.8) is 0 Å². The van der Waals surface area contributed by atoms with Crippen molar-refractivity contribution in [3.8, 4) is 0 Å². The standard InChI is InChI=1S/C7H14N2O6P2/c1-6-3-4-9(8(6)2)5-7(16(10,11)12)17(13,14)15/h3-4,7H,5H2,1-2H3,(H3-,10,11,12,13,14,15). The summed E-state index contributed by atoms with van der Waals surface area (Å²) in [6.45, 7) is 1.24. The van der Waals surface area contributed by atoms with Gasteiger partial charge in [0, 0.05) is 6.07 Å². The van der Waals surface area contributed by atoms with Gasteiger partial charge in [0.15, 0.2) is 25.7 Å². The molecule has 0 bridgehead atoms. The summed E-state index contributed by atoms with van der Waals surface area (Å²) in [5.41, 5.74) is 0.785. The fraction of sp³-hybridized carbons (Fsp3) is 0.571. The minimum Gasteiger partial charge on any atom is -0.778 e. The van der Waals surface area contributed by atoms with Gasteiger partial charge in [-0.05, 0) is 6.92 Å². The van der Waals surface area contributed by atoms with Crippen LogP contribution in [-0.2, 0) is 22.7 Å². The SMILES string of the molecule is Cc1cc[n+](CC(P(=O)([O-])O)P(=O)(O)O)n1C. The summed E-state index contributed by atoms with van der Waals surface area (Å²) in [6, 6.07) is 1.66. The van der Waals surface area contributed by atoms with E-state index in [9.17, 15) is 14.0 Å². The van der Waals surface area contributed by atoms with Gasteiger partial charge in [-0.2, -0.15) is 4.68 Å². The number of aryl methyl sites for hydroxylation is 1. The molecule has 8 nitrogen and oxygen atoms in total. The Morgan fingerprint density at radius 1 is 1.47 bits per heavy atom. The van der Waals surface area contributed by atoms with E-state index in [0.29, 0.717) is 0 Å². The molecular weight excluding hydrogens is 270 g/mol. The molecule has 1 rings (SSSR count). The van der Waals surface area contributed by atoms with Crippen molar-refractivity contribution in [2.75, 3.05) is 0 Å². The lowest BCUT2D eigenvalue weighted by Crippen LogP contribution is -2.46. The minimum atomic E-state index is -5.12. The van der Waals surface area contributed by atoms with Gasteiger partial charge in [0.25, 0.3) is 0 Å². The van der Waals surface area contributed by atoms with Gasteiger partial charge in [0.2, 0.25) is 0 Å². The van der Waals surface area contributed by atoms with Crippen LogP contribution in [0, 0.1) is 6.92 Å². The predicted molar refractivity (Wildman–Crippen MR) is 56.0 cm³/mol. The summed E-state index contributed by atoms with van der Waals surface area (Å²) in [5.74, 6) is 0. The first-order chi connectivity index (χ1) is 7.53. The molecule has 2 atom stereocenters. The molecule has 0 spiro atoms. The van der Waals surface area contributed by atoms with E-state index in [-0.39, 0.29) is 0 Å². The van der Waals surface area contributed by atoms with Crippen molar-refractivity contribution in [2.24, 2.45) is 7.05 Å². The van der Waals surface area contributed by atoms with E-state index in [1.807, 2.05) is 0 Å². The lowest BCUT2D eigenvalue weighted by molar-refractivity contribution is -0.771. The van der Waals surface area contributed by atoms with Crippen molar-refractivity contribution in [1.29, 1.82) is 0 Å². The zero-order valence-corrected chi connectivity index (χ0v) is 11.1. The number of rotatable bonds is 4. The van der Waals surface area contributed by atoms with E-state index in [0.717, 1.165) is 5.69 Å². The highest BCUT2D eigenvalue weighted by molar-refractivity contribution is 7.70. The maximum Gasteiger partial charge on any atom is 0.343 e. The summed E-state index contributed by atoms with van der Waals surface area (Å²) in [7, 11) is -8.44. The van der Waals surface area contributed by atoms with Crippen LogP contribution < -0.4 is 9.58 Å². The van der Waals surface area contributed by atoms with Crippen LogP contribution in [0.3, 0.4) is 0 Å². The van der Waals surface area contributed by atoms with Gasteiger partial charge in [0.1, 0.15) is 0 Å². The molecule has 1 aromatic heterocycles. The summed E-state index contributed by atoms with van der Waals surface area (Å²) >= 11 is 0. The Morgan fingerprint density at radius 2 is 2.00 bits per heavy atom. The molecule has 0 fully saturated rings. The van der Waals surface area contributed by atoms with E-state index >= 15 is 0 Å². The molecular formula is C7H14N2O6P2. The highest BCUT2D eigenvalue weighted by Crippen LogP contribution is 2.57. The van der Waals surface area contributed by atoms with Crippen molar-refractivity contribution in [2.45, 2.75) is 18.9 Å². The number of hydrogen-bond donors (Lipinski definition) is 3. The first-order valence-electron chi connectivity index (χ1n) is 4.64. The Kier molecular flexibility index (Phi) is 3.98. The lowest BCUT2D eigenvalue weighted by atomic mass is 10.5. The third-order valence-electron chi connectivity index (χ3n) is 2.50. The third kappa shape index (κ3) is 3.48. The van der Waals surface area contributed by atoms with Gasteiger partial charge in [-0.1, -0.05) is 0 Å². The van der Waals surface area contributed by atoms with Crippen LogP contribution >= 0.6 is 15.2 Å². The molecule has 0 aliphatic carbocycles. The van der Waals surface area contributed by atoms with Gasteiger partial charge in [0.05, 0.1) is 12.7 Å². The minimum absolute atomic E-state index is 0.508. The van der Waals surface area contributed by atoms with Gasteiger partial charge in [-0.3, -0.25) is 4.57 Å². The zero-order chi connectivity index (χ0) is 13.4. The molecule has 0 aliphatic heterocycles. The normalized spacial score (nSPS) is 17.8. The van der Waals surface area contributed by atoms with Crippen molar-refractivity contribution < 1.29 is 33.4 Å². The van der Waals surface area contributed by atoms with E-state index < -0.39 is 27.1 Å². The Morgan fingerprint density at radius 3 is 2.29 bits per heavy atom. The molecule has 98 valence electrons.